The van der Waals surface area contributed by atoms with Crippen LogP contribution in [0.25, 0.3) is 5.57 Å². The molecule has 21 heavy (non-hydrogen) atoms. The number of allylic oxidation sites excluding steroid dienone is 3. The quantitative estimate of drug-likeness (QED) is 0.870. The average molecular weight is 275 g/mol. The van der Waals surface area contributed by atoms with E-state index in [1.165, 1.54) is 28.7 Å². The summed E-state index contributed by atoms with van der Waals surface area (Å²) in [6.45, 7) is 0. The fourth-order valence-corrected chi connectivity index (χ4v) is 3.26. The van der Waals surface area contributed by atoms with Gasteiger partial charge in [-0.2, -0.15) is 0 Å². The Kier molecular flexibility index (Phi) is 2.85. The van der Waals surface area contributed by atoms with Crippen LogP contribution in [-0.2, 0) is 6.42 Å². The molecule has 2 aromatic rings. The van der Waals surface area contributed by atoms with Crippen molar-refractivity contribution in [2.24, 2.45) is 11.7 Å². The number of hydrogen-bond acceptors (Lipinski definition) is 3. The van der Waals surface area contributed by atoms with Crippen LogP contribution in [-0.4, -0.2) is 9.97 Å². The van der Waals surface area contributed by atoms with Crippen LogP contribution in [0.1, 0.15) is 29.0 Å². The maximum atomic E-state index is 6.18. The zero-order valence-corrected chi connectivity index (χ0v) is 11.7. The fraction of sp³-hybridized carbons (Fsp3) is 0.222. The third-order valence-electron chi connectivity index (χ3n) is 4.41. The van der Waals surface area contributed by atoms with Gasteiger partial charge >= 0.3 is 0 Å². The van der Waals surface area contributed by atoms with Crippen molar-refractivity contribution in [3.05, 3.63) is 77.5 Å². The molecular weight excluding hydrogens is 258 g/mol. The lowest BCUT2D eigenvalue weighted by atomic mass is 9.97. The van der Waals surface area contributed by atoms with E-state index in [4.69, 9.17) is 5.73 Å². The van der Waals surface area contributed by atoms with Crippen LogP contribution in [0, 0.1) is 5.92 Å². The molecule has 2 aliphatic rings. The van der Waals surface area contributed by atoms with Gasteiger partial charge in [0.2, 0.25) is 0 Å². The molecule has 2 unspecified atom stereocenters. The van der Waals surface area contributed by atoms with Crippen molar-refractivity contribution in [3.63, 3.8) is 0 Å². The molecule has 0 aromatic carbocycles. The molecule has 3 nitrogen and oxygen atoms in total. The van der Waals surface area contributed by atoms with Crippen LogP contribution in [0.5, 0.6) is 0 Å². The average Bonchev–Trinajstić information content (AvgIpc) is 3.31. The lowest BCUT2D eigenvalue weighted by Crippen LogP contribution is -1.97. The molecule has 0 saturated heterocycles. The van der Waals surface area contributed by atoms with E-state index in [-0.39, 0.29) is 0 Å². The second-order valence-electron chi connectivity index (χ2n) is 5.77. The first kappa shape index (κ1) is 12.3. The summed E-state index contributed by atoms with van der Waals surface area (Å²) in [5.74, 6) is 1.13. The van der Waals surface area contributed by atoms with E-state index in [0.29, 0.717) is 11.8 Å². The van der Waals surface area contributed by atoms with Crippen LogP contribution in [0.15, 0.2) is 60.8 Å². The Morgan fingerprint density at radius 1 is 1.05 bits per heavy atom. The normalized spacial score (nSPS) is 28.6. The van der Waals surface area contributed by atoms with Crippen LogP contribution in [0.4, 0.5) is 0 Å². The van der Waals surface area contributed by atoms with Crippen molar-refractivity contribution < 1.29 is 0 Å². The molecule has 2 aliphatic carbocycles. The second-order valence-corrected chi connectivity index (χ2v) is 5.77. The number of nitrogens with zero attached hydrogens (tertiary/aromatic N) is 2. The van der Waals surface area contributed by atoms with Crippen LogP contribution >= 0.6 is 0 Å². The van der Waals surface area contributed by atoms with E-state index in [9.17, 15) is 0 Å². The van der Waals surface area contributed by atoms with Gasteiger partial charge in [-0.1, -0.05) is 12.1 Å². The van der Waals surface area contributed by atoms with Crippen LogP contribution in [0.2, 0.25) is 0 Å². The molecule has 0 radical (unpaired) electrons. The largest absolute Gasteiger partial charge is 0.399 e. The summed E-state index contributed by atoms with van der Waals surface area (Å²) in [7, 11) is 0. The predicted octanol–water partition coefficient (Wildman–Crippen LogP) is 3.06. The Hall–Kier alpha value is -2.42. The number of aromatic nitrogens is 2. The minimum atomic E-state index is 0.542. The van der Waals surface area contributed by atoms with Gasteiger partial charge in [0.05, 0.1) is 0 Å². The molecule has 104 valence electrons. The molecule has 0 spiro atoms. The van der Waals surface area contributed by atoms with E-state index in [2.05, 4.69) is 34.3 Å². The minimum Gasteiger partial charge on any atom is -0.399 e. The molecule has 2 atom stereocenters. The molecule has 1 fully saturated rings. The number of nitrogens with two attached hydrogens (primary N) is 1. The van der Waals surface area contributed by atoms with Gasteiger partial charge in [-0.25, -0.2) is 0 Å². The van der Waals surface area contributed by atoms with Gasteiger partial charge in [0, 0.05) is 30.5 Å². The Morgan fingerprint density at radius 3 is 2.81 bits per heavy atom. The van der Waals surface area contributed by atoms with Crippen molar-refractivity contribution in [3.8, 4) is 0 Å². The summed E-state index contributed by atoms with van der Waals surface area (Å²) < 4.78 is 0. The molecule has 0 aliphatic heterocycles. The highest BCUT2D eigenvalue weighted by Gasteiger charge is 2.42. The molecule has 4 rings (SSSR count). The molecule has 2 N–H and O–H groups in total. The lowest BCUT2D eigenvalue weighted by molar-refractivity contribution is 0.987. The molecule has 1 saturated carbocycles. The summed E-state index contributed by atoms with van der Waals surface area (Å²) in [6.07, 6.45) is 13.9. The van der Waals surface area contributed by atoms with Crippen molar-refractivity contribution in [1.82, 2.24) is 9.97 Å². The monoisotopic (exact) mass is 275 g/mol. The van der Waals surface area contributed by atoms with Gasteiger partial charge in [-0.3, -0.25) is 9.97 Å². The summed E-state index contributed by atoms with van der Waals surface area (Å²) in [4.78, 5) is 8.51. The number of fused-ring (bicyclic) bond motifs is 3. The smallest absolute Gasteiger partial charge is 0.0343 e. The molecule has 2 aromatic heterocycles. The van der Waals surface area contributed by atoms with Crippen molar-refractivity contribution >= 4 is 5.57 Å². The Bertz CT molecular complexity index is 731. The summed E-state index contributed by atoms with van der Waals surface area (Å²) in [6, 6.07) is 6.26. The SMILES string of the molecule is NC1=C/Cc2cnccc2C2CC2/C(c2cccnc2)=C\1. The van der Waals surface area contributed by atoms with E-state index in [1.54, 1.807) is 0 Å². The predicted molar refractivity (Wildman–Crippen MR) is 83.3 cm³/mol. The van der Waals surface area contributed by atoms with Gasteiger partial charge in [-0.05, 0) is 65.1 Å². The van der Waals surface area contributed by atoms with E-state index in [1.807, 2.05) is 30.9 Å². The highest BCUT2D eigenvalue weighted by Crippen LogP contribution is 2.55. The maximum absolute atomic E-state index is 6.18. The van der Waals surface area contributed by atoms with Gasteiger partial charge < -0.3 is 5.73 Å². The minimum absolute atomic E-state index is 0.542. The van der Waals surface area contributed by atoms with Gasteiger partial charge in [0.1, 0.15) is 0 Å². The lowest BCUT2D eigenvalue weighted by Gasteiger charge is -2.08. The molecule has 0 bridgehead atoms. The second kappa shape index (κ2) is 4.85. The van der Waals surface area contributed by atoms with Crippen molar-refractivity contribution in [1.29, 1.82) is 0 Å². The zero-order valence-electron chi connectivity index (χ0n) is 11.7. The van der Waals surface area contributed by atoms with Gasteiger partial charge in [-0.15, -0.1) is 0 Å². The fourth-order valence-electron chi connectivity index (χ4n) is 3.26. The number of rotatable bonds is 1. The topological polar surface area (TPSA) is 51.8 Å². The van der Waals surface area contributed by atoms with Crippen LogP contribution < -0.4 is 5.73 Å². The summed E-state index contributed by atoms with van der Waals surface area (Å²) >= 11 is 0. The molecular formula is C18H17N3. The Labute approximate surface area is 124 Å². The standard InChI is InChI=1S/C18H17N3/c19-14-4-3-13-11-21-7-5-15(13)17-9-18(17)16(8-14)12-2-1-6-20-10-12/h1-2,4-8,10-11,17-18H,3,9,19H2/b14-4+,16-8-. The Morgan fingerprint density at radius 2 is 1.95 bits per heavy atom. The first-order valence-electron chi connectivity index (χ1n) is 7.33. The molecule has 3 heteroatoms. The van der Waals surface area contributed by atoms with Crippen molar-refractivity contribution in [2.75, 3.05) is 0 Å². The van der Waals surface area contributed by atoms with Crippen LogP contribution in [0.3, 0.4) is 0 Å². The zero-order chi connectivity index (χ0) is 14.2. The van der Waals surface area contributed by atoms with Crippen molar-refractivity contribution in [2.45, 2.75) is 18.8 Å². The maximum Gasteiger partial charge on any atom is 0.0343 e. The number of hydrogen-bond donors (Lipinski definition) is 1. The Balaban J connectivity index is 1.80. The third-order valence-corrected chi connectivity index (χ3v) is 4.41. The first-order valence-corrected chi connectivity index (χ1v) is 7.33. The van der Waals surface area contributed by atoms with E-state index < -0.39 is 0 Å². The molecule has 2 heterocycles. The van der Waals surface area contributed by atoms with E-state index in [0.717, 1.165) is 12.1 Å². The van der Waals surface area contributed by atoms with Gasteiger partial charge in [0.25, 0.3) is 0 Å². The summed E-state index contributed by atoms with van der Waals surface area (Å²) in [5.41, 5.74) is 12.2. The third kappa shape index (κ3) is 2.25. The summed E-state index contributed by atoms with van der Waals surface area (Å²) in [5, 5.41) is 0. The van der Waals surface area contributed by atoms with E-state index >= 15 is 0 Å². The molecule has 0 amide bonds. The van der Waals surface area contributed by atoms with Gasteiger partial charge in [0.15, 0.2) is 0 Å². The number of pyridine rings is 2. The first-order chi connectivity index (χ1) is 10.3. The highest BCUT2D eigenvalue weighted by atomic mass is 14.6. The highest BCUT2D eigenvalue weighted by molar-refractivity contribution is 5.73.